The maximum absolute atomic E-state index is 12.8. The number of halogens is 1. The number of fused-ring (bicyclic) bond motifs is 4. The van der Waals surface area contributed by atoms with Crippen molar-refractivity contribution in [1.82, 2.24) is 15.1 Å². The molecule has 0 aromatic heterocycles. The standard InChI is InChI=1S/C28H29N3O2.ClH/c32-28(33-19-27-25-7-3-1-5-23(25)24-6-2-4-8-26(24)27)31-13-11-30(12-14-31)18-20-9-10-21-16-29-17-22(21)15-20;/h1-10,15,27,29H,11-14,16-19H2;1H. The number of hydrogen-bond acceptors (Lipinski definition) is 4. The first kappa shape index (κ1) is 22.9. The third kappa shape index (κ3) is 4.31. The van der Waals surface area contributed by atoms with Crippen LogP contribution in [0.3, 0.4) is 0 Å². The van der Waals surface area contributed by atoms with Crippen LogP contribution in [0.2, 0.25) is 0 Å². The van der Waals surface area contributed by atoms with Gasteiger partial charge in [-0.25, -0.2) is 4.79 Å². The van der Waals surface area contributed by atoms with E-state index in [4.69, 9.17) is 4.74 Å². The number of nitrogens with zero attached hydrogens (tertiary/aromatic N) is 2. The van der Waals surface area contributed by atoms with Gasteiger partial charge in [-0.05, 0) is 38.9 Å². The summed E-state index contributed by atoms with van der Waals surface area (Å²) in [6.07, 6.45) is -0.194. The summed E-state index contributed by atoms with van der Waals surface area (Å²) in [7, 11) is 0. The minimum Gasteiger partial charge on any atom is -0.448 e. The highest BCUT2D eigenvalue weighted by molar-refractivity contribution is 5.85. The van der Waals surface area contributed by atoms with E-state index < -0.39 is 0 Å². The van der Waals surface area contributed by atoms with E-state index >= 15 is 0 Å². The van der Waals surface area contributed by atoms with E-state index in [1.165, 1.54) is 38.9 Å². The summed E-state index contributed by atoms with van der Waals surface area (Å²) in [6.45, 7) is 6.45. The van der Waals surface area contributed by atoms with Crippen LogP contribution in [0.15, 0.2) is 66.7 Å². The molecule has 3 aromatic carbocycles. The zero-order valence-corrected chi connectivity index (χ0v) is 20.0. The predicted molar refractivity (Wildman–Crippen MR) is 136 cm³/mol. The van der Waals surface area contributed by atoms with E-state index in [9.17, 15) is 4.79 Å². The van der Waals surface area contributed by atoms with E-state index in [-0.39, 0.29) is 24.4 Å². The second kappa shape index (κ2) is 9.79. The van der Waals surface area contributed by atoms with Gasteiger partial charge in [0.15, 0.2) is 0 Å². The van der Waals surface area contributed by atoms with Gasteiger partial charge in [-0.3, -0.25) is 4.90 Å². The van der Waals surface area contributed by atoms with Gasteiger partial charge in [-0.15, -0.1) is 12.4 Å². The van der Waals surface area contributed by atoms with Crippen LogP contribution >= 0.6 is 12.4 Å². The topological polar surface area (TPSA) is 44.8 Å². The second-order valence-electron chi connectivity index (χ2n) is 9.27. The highest BCUT2D eigenvalue weighted by Gasteiger charge is 2.30. The molecule has 1 N–H and O–H groups in total. The van der Waals surface area contributed by atoms with Crippen molar-refractivity contribution in [1.29, 1.82) is 0 Å². The minimum atomic E-state index is -0.194. The predicted octanol–water partition coefficient (Wildman–Crippen LogP) is 4.78. The first-order valence-corrected chi connectivity index (χ1v) is 11.9. The van der Waals surface area contributed by atoms with Gasteiger partial charge in [0, 0.05) is 51.7 Å². The Hall–Kier alpha value is -2.86. The Balaban J connectivity index is 0.00000241. The number of nitrogens with one attached hydrogen (secondary N) is 1. The number of amides is 1. The van der Waals surface area contributed by atoms with E-state index in [0.29, 0.717) is 19.7 Å². The quantitative estimate of drug-likeness (QED) is 0.590. The molecule has 0 spiro atoms. The Labute approximate surface area is 207 Å². The van der Waals surface area contributed by atoms with Gasteiger partial charge in [-0.1, -0.05) is 66.7 Å². The van der Waals surface area contributed by atoms with Crippen LogP contribution in [-0.2, 0) is 24.4 Å². The van der Waals surface area contributed by atoms with Gasteiger partial charge in [0.1, 0.15) is 6.61 Å². The SMILES string of the molecule is Cl.O=C(OCC1c2ccccc2-c2ccccc21)N1CCN(Cc2ccc3c(c2)CNC3)CC1. The van der Waals surface area contributed by atoms with Crippen molar-refractivity contribution in [3.63, 3.8) is 0 Å². The fraction of sp³-hybridized carbons (Fsp3) is 0.321. The maximum atomic E-state index is 12.8. The lowest BCUT2D eigenvalue weighted by Crippen LogP contribution is -2.48. The van der Waals surface area contributed by atoms with Crippen molar-refractivity contribution in [3.05, 3.63) is 94.5 Å². The van der Waals surface area contributed by atoms with Crippen LogP contribution in [-0.4, -0.2) is 48.7 Å². The molecule has 1 amide bonds. The molecule has 0 bridgehead atoms. The number of hydrogen-bond donors (Lipinski definition) is 1. The first-order valence-electron chi connectivity index (χ1n) is 11.9. The summed E-state index contributed by atoms with van der Waals surface area (Å²) < 4.78 is 5.84. The Bertz CT molecular complexity index is 1140. The molecule has 176 valence electrons. The van der Waals surface area contributed by atoms with E-state index in [1.807, 2.05) is 4.90 Å². The van der Waals surface area contributed by atoms with E-state index in [0.717, 1.165) is 32.7 Å². The van der Waals surface area contributed by atoms with E-state index in [2.05, 4.69) is 76.9 Å². The Kier molecular flexibility index (Phi) is 6.59. The first-order chi connectivity index (χ1) is 16.3. The molecule has 0 atom stereocenters. The summed E-state index contributed by atoms with van der Waals surface area (Å²) in [5.74, 6) is 0.108. The molecule has 0 unspecified atom stereocenters. The molecular weight excluding hydrogens is 446 g/mol. The normalized spacial score (nSPS) is 17.0. The largest absolute Gasteiger partial charge is 0.448 e. The van der Waals surface area contributed by atoms with Crippen LogP contribution in [0.4, 0.5) is 4.79 Å². The van der Waals surface area contributed by atoms with Gasteiger partial charge in [0.2, 0.25) is 0 Å². The Morgan fingerprint density at radius 1 is 0.853 bits per heavy atom. The summed E-state index contributed by atoms with van der Waals surface area (Å²) >= 11 is 0. The maximum Gasteiger partial charge on any atom is 0.409 e. The molecule has 6 rings (SSSR count). The molecule has 34 heavy (non-hydrogen) atoms. The number of benzene rings is 3. The number of carbonyl (C=O) groups is 1. The Morgan fingerprint density at radius 2 is 1.50 bits per heavy atom. The number of piperazine rings is 1. The van der Waals surface area contributed by atoms with Crippen LogP contribution in [0.1, 0.15) is 33.7 Å². The van der Waals surface area contributed by atoms with Crippen LogP contribution < -0.4 is 5.32 Å². The lowest BCUT2D eigenvalue weighted by atomic mass is 9.98. The molecule has 3 aromatic rings. The molecule has 2 aliphatic heterocycles. The third-order valence-electron chi connectivity index (χ3n) is 7.27. The summed E-state index contributed by atoms with van der Waals surface area (Å²) in [5.41, 5.74) is 9.20. The number of carbonyl (C=O) groups excluding carboxylic acids is 1. The number of ether oxygens (including phenoxy) is 1. The van der Waals surface area contributed by atoms with E-state index in [1.54, 1.807) is 0 Å². The van der Waals surface area contributed by atoms with Gasteiger partial charge < -0.3 is 15.0 Å². The molecule has 1 aliphatic carbocycles. The fourth-order valence-corrected chi connectivity index (χ4v) is 5.48. The van der Waals surface area contributed by atoms with Crippen molar-refractivity contribution in [2.45, 2.75) is 25.6 Å². The molecule has 1 fully saturated rings. The van der Waals surface area contributed by atoms with Crippen LogP contribution in [0.25, 0.3) is 11.1 Å². The Morgan fingerprint density at radius 3 is 2.21 bits per heavy atom. The van der Waals surface area contributed by atoms with Crippen molar-refractivity contribution < 1.29 is 9.53 Å². The average Bonchev–Trinajstić information content (AvgIpc) is 3.45. The summed E-state index contributed by atoms with van der Waals surface area (Å²) in [4.78, 5) is 17.1. The molecule has 5 nitrogen and oxygen atoms in total. The molecule has 2 heterocycles. The highest BCUT2D eigenvalue weighted by atomic mass is 35.5. The monoisotopic (exact) mass is 475 g/mol. The molecule has 1 saturated heterocycles. The smallest absolute Gasteiger partial charge is 0.409 e. The van der Waals surface area contributed by atoms with Gasteiger partial charge in [-0.2, -0.15) is 0 Å². The molecule has 3 aliphatic rings. The van der Waals surface area contributed by atoms with Gasteiger partial charge in [0.25, 0.3) is 0 Å². The third-order valence-corrected chi connectivity index (χ3v) is 7.27. The van der Waals surface area contributed by atoms with Crippen molar-refractivity contribution in [2.75, 3.05) is 32.8 Å². The lowest BCUT2D eigenvalue weighted by Gasteiger charge is -2.34. The van der Waals surface area contributed by atoms with Crippen molar-refractivity contribution in [2.24, 2.45) is 0 Å². The van der Waals surface area contributed by atoms with Crippen molar-refractivity contribution in [3.8, 4) is 11.1 Å². The van der Waals surface area contributed by atoms with Crippen LogP contribution in [0.5, 0.6) is 0 Å². The summed E-state index contributed by atoms with van der Waals surface area (Å²) in [5, 5.41) is 3.41. The molecular formula is C28H30ClN3O2. The van der Waals surface area contributed by atoms with Crippen molar-refractivity contribution >= 4 is 18.5 Å². The summed E-state index contributed by atoms with van der Waals surface area (Å²) in [6, 6.07) is 23.7. The second-order valence-corrected chi connectivity index (χ2v) is 9.27. The van der Waals surface area contributed by atoms with Gasteiger partial charge >= 0.3 is 6.09 Å². The minimum absolute atomic E-state index is 0. The highest BCUT2D eigenvalue weighted by Crippen LogP contribution is 2.44. The molecule has 0 radical (unpaired) electrons. The number of rotatable bonds is 4. The lowest BCUT2D eigenvalue weighted by molar-refractivity contribution is 0.0728. The molecule has 0 saturated carbocycles. The zero-order valence-electron chi connectivity index (χ0n) is 19.2. The van der Waals surface area contributed by atoms with Crippen LogP contribution in [0, 0.1) is 0 Å². The average molecular weight is 476 g/mol. The van der Waals surface area contributed by atoms with Gasteiger partial charge in [0.05, 0.1) is 0 Å². The zero-order chi connectivity index (χ0) is 22.2. The fourth-order valence-electron chi connectivity index (χ4n) is 5.48. The molecule has 6 heteroatoms.